The molecule has 0 spiro atoms. The molecule has 4 atom stereocenters. The van der Waals surface area contributed by atoms with Gasteiger partial charge in [-0.25, -0.2) is 0 Å². The van der Waals surface area contributed by atoms with Crippen molar-refractivity contribution < 1.29 is 9.84 Å². The van der Waals surface area contributed by atoms with Gasteiger partial charge < -0.3 is 9.84 Å². The van der Waals surface area contributed by atoms with Gasteiger partial charge in [-0.2, -0.15) is 0 Å². The highest BCUT2D eigenvalue weighted by Crippen LogP contribution is 2.28. The van der Waals surface area contributed by atoms with Gasteiger partial charge in [-0.3, -0.25) is 0 Å². The van der Waals surface area contributed by atoms with Gasteiger partial charge in [0.05, 0.1) is 12.2 Å². The molecule has 11 heavy (non-hydrogen) atoms. The van der Waals surface area contributed by atoms with Crippen LogP contribution in [0.3, 0.4) is 0 Å². The van der Waals surface area contributed by atoms with E-state index in [0.29, 0.717) is 11.8 Å². The highest BCUT2D eigenvalue weighted by molar-refractivity contribution is 4.82. The van der Waals surface area contributed by atoms with Crippen LogP contribution in [0.2, 0.25) is 0 Å². The molecule has 2 nitrogen and oxygen atoms in total. The fraction of sp³-hybridized carbons (Fsp3) is 1.00. The van der Waals surface area contributed by atoms with Gasteiger partial charge in [-0.1, -0.05) is 20.8 Å². The van der Waals surface area contributed by atoms with Crippen LogP contribution in [0.5, 0.6) is 0 Å². The first-order valence-corrected chi connectivity index (χ1v) is 4.46. The van der Waals surface area contributed by atoms with Crippen LogP contribution in [-0.4, -0.2) is 23.9 Å². The number of ether oxygens (including phenoxy) is 1. The minimum absolute atomic E-state index is 0.0787. The molecule has 0 radical (unpaired) electrons. The molecule has 1 fully saturated rings. The number of rotatable bonds is 2. The van der Waals surface area contributed by atoms with Gasteiger partial charge in [0, 0.05) is 6.61 Å². The molecule has 66 valence electrons. The van der Waals surface area contributed by atoms with E-state index in [-0.39, 0.29) is 12.2 Å². The lowest BCUT2D eigenvalue weighted by atomic mass is 9.91. The van der Waals surface area contributed by atoms with Crippen LogP contribution < -0.4 is 0 Å². The van der Waals surface area contributed by atoms with E-state index in [1.165, 1.54) is 0 Å². The number of hydrogen-bond donors (Lipinski definition) is 1. The van der Waals surface area contributed by atoms with Gasteiger partial charge >= 0.3 is 0 Å². The standard InChI is InChI=1S/C9H18O2/c1-4-8(10)9-7(3)6(2)5-11-9/h6-10H,4-5H2,1-3H3. The van der Waals surface area contributed by atoms with Crippen molar-refractivity contribution in [1.82, 2.24) is 0 Å². The summed E-state index contributed by atoms with van der Waals surface area (Å²) in [5, 5.41) is 9.52. The van der Waals surface area contributed by atoms with Crippen molar-refractivity contribution >= 4 is 0 Å². The molecule has 1 aliphatic heterocycles. The van der Waals surface area contributed by atoms with Crippen molar-refractivity contribution in [1.29, 1.82) is 0 Å². The quantitative estimate of drug-likeness (QED) is 0.658. The van der Waals surface area contributed by atoms with E-state index in [1.54, 1.807) is 0 Å². The molecule has 0 aromatic rings. The lowest BCUT2D eigenvalue weighted by molar-refractivity contribution is -0.0176. The van der Waals surface area contributed by atoms with Gasteiger partial charge in [0.2, 0.25) is 0 Å². The largest absolute Gasteiger partial charge is 0.390 e. The normalized spacial score (nSPS) is 40.9. The Bertz CT molecular complexity index is 125. The van der Waals surface area contributed by atoms with Crippen molar-refractivity contribution in [3.8, 4) is 0 Å². The number of hydrogen-bond acceptors (Lipinski definition) is 2. The first-order chi connectivity index (χ1) is 5.16. The molecule has 1 N–H and O–H groups in total. The second-order valence-corrected chi connectivity index (χ2v) is 3.61. The summed E-state index contributed by atoms with van der Waals surface area (Å²) in [5.74, 6) is 1.10. The smallest absolute Gasteiger partial charge is 0.0862 e. The Balaban J connectivity index is 2.47. The summed E-state index contributed by atoms with van der Waals surface area (Å²) in [6.45, 7) is 7.13. The van der Waals surface area contributed by atoms with E-state index in [4.69, 9.17) is 4.74 Å². The molecule has 0 aromatic carbocycles. The molecular weight excluding hydrogens is 140 g/mol. The molecular formula is C9H18O2. The summed E-state index contributed by atoms with van der Waals surface area (Å²) in [6.07, 6.45) is 0.604. The molecule has 0 aromatic heterocycles. The SMILES string of the molecule is CCC(O)C1OCC(C)C1C. The van der Waals surface area contributed by atoms with E-state index in [2.05, 4.69) is 13.8 Å². The van der Waals surface area contributed by atoms with Crippen LogP contribution >= 0.6 is 0 Å². The predicted molar refractivity (Wildman–Crippen MR) is 44.4 cm³/mol. The third kappa shape index (κ3) is 1.74. The second kappa shape index (κ2) is 3.55. The molecule has 0 amide bonds. The zero-order valence-electron chi connectivity index (χ0n) is 7.58. The Hall–Kier alpha value is -0.0800. The Morgan fingerprint density at radius 2 is 2.18 bits per heavy atom. The molecule has 0 aliphatic carbocycles. The van der Waals surface area contributed by atoms with Crippen LogP contribution in [0.4, 0.5) is 0 Å². The Morgan fingerprint density at radius 3 is 2.55 bits per heavy atom. The van der Waals surface area contributed by atoms with E-state index in [9.17, 15) is 5.11 Å². The monoisotopic (exact) mass is 158 g/mol. The minimum Gasteiger partial charge on any atom is -0.390 e. The van der Waals surface area contributed by atoms with Gasteiger partial charge in [0.25, 0.3) is 0 Å². The van der Waals surface area contributed by atoms with Crippen molar-refractivity contribution in [2.75, 3.05) is 6.61 Å². The van der Waals surface area contributed by atoms with Crippen LogP contribution in [0, 0.1) is 11.8 Å². The third-order valence-electron chi connectivity index (χ3n) is 2.76. The molecule has 4 unspecified atom stereocenters. The highest BCUT2D eigenvalue weighted by Gasteiger charge is 2.34. The van der Waals surface area contributed by atoms with Crippen LogP contribution in [-0.2, 0) is 4.74 Å². The maximum atomic E-state index is 9.52. The molecule has 1 aliphatic rings. The number of aliphatic hydroxyl groups excluding tert-OH is 1. The van der Waals surface area contributed by atoms with Crippen LogP contribution in [0.25, 0.3) is 0 Å². The van der Waals surface area contributed by atoms with Gasteiger partial charge in [-0.15, -0.1) is 0 Å². The number of aliphatic hydroxyl groups is 1. The third-order valence-corrected chi connectivity index (χ3v) is 2.76. The van der Waals surface area contributed by atoms with Crippen molar-refractivity contribution in [2.24, 2.45) is 11.8 Å². The summed E-state index contributed by atoms with van der Waals surface area (Å²) in [4.78, 5) is 0. The molecule has 0 saturated carbocycles. The summed E-state index contributed by atoms with van der Waals surface area (Å²) in [5.41, 5.74) is 0. The maximum Gasteiger partial charge on any atom is 0.0862 e. The van der Waals surface area contributed by atoms with Gasteiger partial charge in [-0.05, 0) is 18.3 Å². The fourth-order valence-corrected chi connectivity index (χ4v) is 1.58. The summed E-state index contributed by atoms with van der Waals surface area (Å²) in [6, 6.07) is 0. The highest BCUT2D eigenvalue weighted by atomic mass is 16.5. The van der Waals surface area contributed by atoms with Crippen molar-refractivity contribution in [2.45, 2.75) is 39.4 Å². The molecule has 2 heteroatoms. The van der Waals surface area contributed by atoms with E-state index in [1.807, 2.05) is 6.92 Å². The maximum absolute atomic E-state index is 9.52. The molecule has 1 saturated heterocycles. The minimum atomic E-state index is -0.269. The van der Waals surface area contributed by atoms with E-state index >= 15 is 0 Å². The van der Waals surface area contributed by atoms with E-state index < -0.39 is 0 Å². The average Bonchev–Trinajstić information content (AvgIpc) is 2.32. The summed E-state index contributed by atoms with van der Waals surface area (Å²) >= 11 is 0. The summed E-state index contributed by atoms with van der Waals surface area (Å²) in [7, 11) is 0. The molecule has 1 rings (SSSR count). The zero-order valence-corrected chi connectivity index (χ0v) is 7.58. The van der Waals surface area contributed by atoms with Gasteiger partial charge in [0.1, 0.15) is 0 Å². The fourth-order valence-electron chi connectivity index (χ4n) is 1.58. The zero-order chi connectivity index (χ0) is 8.43. The topological polar surface area (TPSA) is 29.5 Å². The Morgan fingerprint density at radius 1 is 1.55 bits per heavy atom. The second-order valence-electron chi connectivity index (χ2n) is 3.61. The lowest BCUT2D eigenvalue weighted by Gasteiger charge is -2.20. The van der Waals surface area contributed by atoms with E-state index in [0.717, 1.165) is 13.0 Å². The Labute approximate surface area is 68.6 Å². The summed E-state index contributed by atoms with van der Waals surface area (Å²) < 4.78 is 5.48. The van der Waals surface area contributed by atoms with Crippen molar-refractivity contribution in [3.63, 3.8) is 0 Å². The lowest BCUT2D eigenvalue weighted by Crippen LogP contribution is -2.30. The van der Waals surface area contributed by atoms with Gasteiger partial charge in [0.15, 0.2) is 0 Å². The van der Waals surface area contributed by atoms with Crippen molar-refractivity contribution in [3.05, 3.63) is 0 Å². The van der Waals surface area contributed by atoms with Crippen LogP contribution in [0.15, 0.2) is 0 Å². The average molecular weight is 158 g/mol. The predicted octanol–water partition coefficient (Wildman–Crippen LogP) is 1.43. The first kappa shape index (κ1) is 9.01. The molecule has 0 bridgehead atoms. The molecule has 1 heterocycles. The Kier molecular flexibility index (Phi) is 2.90. The van der Waals surface area contributed by atoms with Crippen LogP contribution in [0.1, 0.15) is 27.2 Å². The first-order valence-electron chi connectivity index (χ1n) is 4.46.